The molecule has 25 heavy (non-hydrogen) atoms. The molecule has 3 rings (SSSR count). The van der Waals surface area contributed by atoms with Crippen LogP contribution in [0, 0.1) is 10.1 Å². The Morgan fingerprint density at radius 1 is 1.28 bits per heavy atom. The van der Waals surface area contributed by atoms with Crippen molar-refractivity contribution in [1.29, 1.82) is 0 Å². The van der Waals surface area contributed by atoms with Crippen LogP contribution >= 0.6 is 11.6 Å². The number of nitro groups is 1. The van der Waals surface area contributed by atoms with E-state index in [9.17, 15) is 28.4 Å². The van der Waals surface area contributed by atoms with E-state index < -0.39 is 39.5 Å². The van der Waals surface area contributed by atoms with Gasteiger partial charge in [-0.15, -0.1) is 0 Å². The number of alkyl halides is 3. The Labute approximate surface area is 145 Å². The predicted octanol–water partition coefficient (Wildman–Crippen LogP) is 4.34. The summed E-state index contributed by atoms with van der Waals surface area (Å²) in [6.07, 6.45) is -5.33. The molecule has 0 saturated heterocycles. The van der Waals surface area contributed by atoms with Crippen molar-refractivity contribution in [3.05, 3.63) is 68.2 Å². The van der Waals surface area contributed by atoms with E-state index in [0.29, 0.717) is 12.5 Å². The Morgan fingerprint density at radius 2 is 1.96 bits per heavy atom. The van der Waals surface area contributed by atoms with Gasteiger partial charge in [-0.2, -0.15) is 13.2 Å². The molecule has 132 valence electrons. The zero-order chi connectivity index (χ0) is 18.4. The highest BCUT2D eigenvalue weighted by molar-refractivity contribution is 6.31. The number of fused-ring (bicyclic) bond motifs is 1. The Balaban J connectivity index is 2.03. The van der Waals surface area contributed by atoms with E-state index in [1.165, 1.54) is 0 Å². The van der Waals surface area contributed by atoms with Crippen LogP contribution in [0.4, 0.5) is 24.5 Å². The smallest absolute Gasteiger partial charge is 0.390 e. The van der Waals surface area contributed by atoms with E-state index in [2.05, 4.69) is 5.32 Å². The summed E-state index contributed by atoms with van der Waals surface area (Å²) in [5, 5.41) is 23.5. The van der Waals surface area contributed by atoms with Crippen molar-refractivity contribution < 1.29 is 23.2 Å². The van der Waals surface area contributed by atoms with E-state index in [4.69, 9.17) is 11.6 Å². The first-order valence-electron chi connectivity index (χ1n) is 7.26. The third-order valence-corrected chi connectivity index (χ3v) is 4.42. The second-order valence-corrected chi connectivity index (χ2v) is 6.10. The van der Waals surface area contributed by atoms with Gasteiger partial charge in [0.05, 0.1) is 27.7 Å². The minimum atomic E-state index is -4.81. The van der Waals surface area contributed by atoms with Crippen LogP contribution in [0.3, 0.4) is 0 Å². The number of halogens is 4. The van der Waals surface area contributed by atoms with Crippen molar-refractivity contribution >= 4 is 23.0 Å². The zero-order valence-corrected chi connectivity index (χ0v) is 13.3. The van der Waals surface area contributed by atoms with Gasteiger partial charge in [0.15, 0.2) is 0 Å². The van der Waals surface area contributed by atoms with Crippen LogP contribution in [0.5, 0.6) is 0 Å². The number of aliphatic hydroxyl groups excluding tert-OH is 1. The molecule has 0 heterocycles. The lowest BCUT2D eigenvalue weighted by Gasteiger charge is -2.20. The molecule has 0 saturated carbocycles. The lowest BCUT2D eigenvalue weighted by Crippen LogP contribution is -2.22. The number of hydrogen-bond acceptors (Lipinski definition) is 4. The summed E-state index contributed by atoms with van der Waals surface area (Å²) in [6, 6.07) is 7.71. The number of anilines is 1. The highest BCUT2D eigenvalue weighted by Crippen LogP contribution is 2.42. The molecule has 2 atom stereocenters. The number of rotatable bonds is 3. The Kier molecular flexibility index (Phi) is 4.34. The van der Waals surface area contributed by atoms with Crippen molar-refractivity contribution in [2.75, 3.05) is 5.32 Å². The average molecular weight is 373 g/mol. The quantitative estimate of drug-likeness (QED) is 0.621. The molecule has 1 aliphatic carbocycles. The van der Waals surface area contributed by atoms with Gasteiger partial charge in [0, 0.05) is 12.5 Å². The van der Waals surface area contributed by atoms with E-state index in [0.717, 1.165) is 17.2 Å². The summed E-state index contributed by atoms with van der Waals surface area (Å²) >= 11 is 5.67. The number of benzene rings is 2. The Hall–Kier alpha value is -2.32. The number of nitrogens with zero attached hydrogens (tertiary/aromatic N) is 1. The van der Waals surface area contributed by atoms with Gasteiger partial charge in [0.25, 0.3) is 5.69 Å². The lowest BCUT2D eigenvalue weighted by atomic mass is 10.1. The molecule has 0 radical (unpaired) electrons. The first kappa shape index (κ1) is 17.5. The molecule has 0 amide bonds. The minimum absolute atomic E-state index is 0.177. The van der Waals surface area contributed by atoms with Gasteiger partial charge in [-0.1, -0.05) is 35.9 Å². The summed E-state index contributed by atoms with van der Waals surface area (Å²) in [5.41, 5.74) is -0.607. The summed E-state index contributed by atoms with van der Waals surface area (Å²) in [7, 11) is 0. The lowest BCUT2D eigenvalue weighted by molar-refractivity contribution is -0.384. The highest BCUT2D eigenvalue weighted by atomic mass is 35.5. The molecule has 9 heteroatoms. The van der Waals surface area contributed by atoms with Gasteiger partial charge in [-0.3, -0.25) is 10.1 Å². The van der Waals surface area contributed by atoms with Crippen LogP contribution in [0.15, 0.2) is 36.4 Å². The van der Waals surface area contributed by atoms with E-state index >= 15 is 0 Å². The van der Waals surface area contributed by atoms with Gasteiger partial charge < -0.3 is 10.4 Å². The fraction of sp³-hybridized carbons (Fsp3) is 0.250. The largest absolute Gasteiger partial charge is 0.418 e. The van der Waals surface area contributed by atoms with Crippen molar-refractivity contribution in [2.24, 2.45) is 0 Å². The van der Waals surface area contributed by atoms with Crippen molar-refractivity contribution in [3.8, 4) is 0 Å². The molecule has 0 unspecified atom stereocenters. The molecule has 2 aromatic carbocycles. The van der Waals surface area contributed by atoms with Crippen molar-refractivity contribution in [2.45, 2.75) is 24.7 Å². The molecule has 0 bridgehead atoms. The van der Waals surface area contributed by atoms with Gasteiger partial charge in [0.1, 0.15) is 5.69 Å². The maximum Gasteiger partial charge on any atom is 0.418 e. The molecule has 0 aliphatic heterocycles. The molecule has 0 fully saturated rings. The highest BCUT2D eigenvalue weighted by Gasteiger charge is 2.37. The number of aliphatic hydroxyl groups is 1. The second-order valence-electron chi connectivity index (χ2n) is 5.70. The number of nitro benzene ring substituents is 1. The maximum atomic E-state index is 12.9. The van der Waals surface area contributed by atoms with Gasteiger partial charge in [-0.05, 0) is 17.2 Å². The van der Waals surface area contributed by atoms with Crippen LogP contribution in [0.2, 0.25) is 5.02 Å². The summed E-state index contributed by atoms with van der Waals surface area (Å²) in [6.45, 7) is 0. The maximum absolute atomic E-state index is 12.9. The Bertz CT molecular complexity index is 842. The fourth-order valence-electron chi connectivity index (χ4n) is 2.96. The van der Waals surface area contributed by atoms with Crippen LogP contribution < -0.4 is 5.32 Å². The molecule has 2 N–H and O–H groups in total. The summed E-state index contributed by atoms with van der Waals surface area (Å²) in [5.74, 6) is 0. The first-order chi connectivity index (χ1) is 11.7. The molecule has 2 aromatic rings. The standard InChI is InChI=1S/C16H12ClF3N2O3/c17-11-7-12(13(22(24)25)6-10(11)16(18,19)20)21-15-9-4-2-1-3-8(9)5-14(15)23/h1-4,6-7,14-15,21,23H,5H2/t14-,15+/m0/s1. The summed E-state index contributed by atoms with van der Waals surface area (Å²) in [4.78, 5) is 10.3. The Morgan fingerprint density at radius 3 is 2.60 bits per heavy atom. The normalized spacial score (nSPS) is 19.6. The third-order valence-electron chi connectivity index (χ3n) is 4.10. The summed E-state index contributed by atoms with van der Waals surface area (Å²) < 4.78 is 38.8. The topological polar surface area (TPSA) is 75.4 Å². The van der Waals surface area contributed by atoms with Gasteiger partial charge in [-0.25, -0.2) is 0 Å². The molecule has 0 spiro atoms. The SMILES string of the molecule is O=[N+]([O-])c1cc(C(F)(F)F)c(Cl)cc1N[C@@H]1c2ccccc2C[C@@H]1O. The fourth-order valence-corrected chi connectivity index (χ4v) is 3.23. The number of nitrogens with one attached hydrogen (secondary N) is 1. The molecular formula is C16H12ClF3N2O3. The van der Waals surface area contributed by atoms with E-state index in [-0.39, 0.29) is 5.69 Å². The van der Waals surface area contributed by atoms with Gasteiger partial charge >= 0.3 is 6.18 Å². The second kappa shape index (κ2) is 6.20. The van der Waals surface area contributed by atoms with Crippen LogP contribution in [0.25, 0.3) is 0 Å². The molecule has 1 aliphatic rings. The predicted molar refractivity (Wildman–Crippen MR) is 85.6 cm³/mol. The van der Waals surface area contributed by atoms with Crippen molar-refractivity contribution in [3.63, 3.8) is 0 Å². The van der Waals surface area contributed by atoms with Crippen LogP contribution in [-0.4, -0.2) is 16.1 Å². The first-order valence-corrected chi connectivity index (χ1v) is 7.64. The van der Waals surface area contributed by atoms with E-state index in [1.807, 2.05) is 6.07 Å². The molecule has 5 nitrogen and oxygen atoms in total. The number of hydrogen-bond donors (Lipinski definition) is 2. The monoisotopic (exact) mass is 372 g/mol. The minimum Gasteiger partial charge on any atom is -0.390 e. The molecular weight excluding hydrogens is 361 g/mol. The van der Waals surface area contributed by atoms with Crippen LogP contribution in [0.1, 0.15) is 22.7 Å². The van der Waals surface area contributed by atoms with Crippen LogP contribution in [-0.2, 0) is 12.6 Å². The van der Waals surface area contributed by atoms with Gasteiger partial charge in [0.2, 0.25) is 0 Å². The average Bonchev–Trinajstić information content (AvgIpc) is 2.82. The molecule has 0 aromatic heterocycles. The van der Waals surface area contributed by atoms with Crippen molar-refractivity contribution in [1.82, 2.24) is 0 Å². The van der Waals surface area contributed by atoms with E-state index in [1.54, 1.807) is 18.2 Å². The third kappa shape index (κ3) is 3.27. The zero-order valence-electron chi connectivity index (χ0n) is 12.5.